The molecule has 6 nitrogen and oxygen atoms in total. The standard InChI is InChI=1S/C18H15F2N3O3S/c19-16(20)17-21-13-7-6-12(10-14(13)22-17)18(24)23-9-8-15(27(23,25)26)11-4-2-1-3-5-11/h1-7,10,15-16H,8-9H2,(H,21,22). The number of halogens is 2. The van der Waals surface area contributed by atoms with Crippen molar-refractivity contribution in [3.8, 4) is 0 Å². The summed E-state index contributed by atoms with van der Waals surface area (Å²) in [6, 6.07) is 12.9. The molecule has 1 fully saturated rings. The smallest absolute Gasteiger partial charge is 0.295 e. The first-order valence-corrected chi connectivity index (χ1v) is 9.77. The van der Waals surface area contributed by atoms with Crippen LogP contribution in [-0.2, 0) is 10.0 Å². The Morgan fingerprint density at radius 2 is 1.93 bits per heavy atom. The molecular weight excluding hydrogens is 376 g/mol. The summed E-state index contributed by atoms with van der Waals surface area (Å²) >= 11 is 0. The number of imidazole rings is 1. The molecule has 3 aromatic rings. The minimum absolute atomic E-state index is 0.0734. The number of aromatic nitrogens is 2. The minimum Gasteiger partial charge on any atom is -0.337 e. The van der Waals surface area contributed by atoms with Crippen LogP contribution in [0.1, 0.15) is 39.8 Å². The summed E-state index contributed by atoms with van der Waals surface area (Å²) < 4.78 is 52.1. The zero-order valence-electron chi connectivity index (χ0n) is 14.0. The van der Waals surface area contributed by atoms with Gasteiger partial charge in [-0.3, -0.25) is 4.79 Å². The number of nitrogens with zero attached hydrogens (tertiary/aromatic N) is 2. The molecule has 140 valence electrons. The predicted octanol–water partition coefficient (Wildman–Crippen LogP) is 3.42. The van der Waals surface area contributed by atoms with E-state index in [0.29, 0.717) is 12.0 Å². The van der Waals surface area contributed by atoms with Gasteiger partial charge in [-0.25, -0.2) is 26.5 Å². The second-order valence-electron chi connectivity index (χ2n) is 6.26. The third kappa shape index (κ3) is 2.97. The van der Waals surface area contributed by atoms with Gasteiger partial charge in [-0.15, -0.1) is 0 Å². The van der Waals surface area contributed by atoms with Crippen LogP contribution in [0.25, 0.3) is 11.0 Å². The van der Waals surface area contributed by atoms with Gasteiger partial charge in [-0.05, 0) is 30.2 Å². The maximum absolute atomic E-state index is 12.9. The van der Waals surface area contributed by atoms with E-state index in [1.807, 2.05) is 0 Å². The highest BCUT2D eigenvalue weighted by atomic mass is 32.2. The van der Waals surface area contributed by atoms with Gasteiger partial charge in [-0.2, -0.15) is 0 Å². The average molecular weight is 391 g/mol. The number of nitrogens with one attached hydrogen (secondary N) is 1. The molecule has 0 spiro atoms. The summed E-state index contributed by atoms with van der Waals surface area (Å²) in [5, 5.41) is -0.774. The van der Waals surface area contributed by atoms with Crippen molar-refractivity contribution in [2.75, 3.05) is 6.54 Å². The molecule has 1 unspecified atom stereocenters. The molecule has 9 heteroatoms. The number of amides is 1. The number of benzene rings is 2. The van der Waals surface area contributed by atoms with Gasteiger partial charge in [0.05, 0.1) is 11.0 Å². The van der Waals surface area contributed by atoms with Gasteiger partial charge >= 0.3 is 0 Å². The van der Waals surface area contributed by atoms with Crippen LogP contribution in [0.4, 0.5) is 8.78 Å². The Hall–Kier alpha value is -2.81. The summed E-state index contributed by atoms with van der Waals surface area (Å²) in [6.07, 6.45) is -2.46. The molecule has 1 saturated heterocycles. The summed E-state index contributed by atoms with van der Waals surface area (Å²) in [7, 11) is -3.85. The average Bonchev–Trinajstić information content (AvgIpc) is 3.21. The molecule has 0 radical (unpaired) electrons. The highest BCUT2D eigenvalue weighted by molar-refractivity contribution is 7.90. The van der Waals surface area contributed by atoms with E-state index in [2.05, 4.69) is 9.97 Å². The molecule has 2 heterocycles. The molecule has 4 rings (SSSR count). The summed E-state index contributed by atoms with van der Waals surface area (Å²) in [4.78, 5) is 19.0. The number of hydrogen-bond acceptors (Lipinski definition) is 4. The Morgan fingerprint density at radius 3 is 2.63 bits per heavy atom. The monoisotopic (exact) mass is 391 g/mol. The molecule has 1 aromatic heterocycles. The van der Waals surface area contributed by atoms with Crippen molar-refractivity contribution >= 4 is 27.0 Å². The van der Waals surface area contributed by atoms with Crippen molar-refractivity contribution in [2.45, 2.75) is 18.1 Å². The summed E-state index contributed by atoms with van der Waals surface area (Å²) in [5.41, 5.74) is 1.28. The Labute approximate surface area is 153 Å². The first kappa shape index (κ1) is 17.6. The molecule has 0 saturated carbocycles. The van der Waals surface area contributed by atoms with Crippen LogP contribution in [0.5, 0.6) is 0 Å². The third-order valence-electron chi connectivity index (χ3n) is 4.61. The van der Waals surface area contributed by atoms with E-state index in [-0.39, 0.29) is 23.1 Å². The molecule has 1 aliphatic rings. The topological polar surface area (TPSA) is 83.1 Å². The second-order valence-corrected chi connectivity index (χ2v) is 8.30. The van der Waals surface area contributed by atoms with E-state index in [0.717, 1.165) is 4.31 Å². The number of rotatable bonds is 3. The number of alkyl halides is 2. The van der Waals surface area contributed by atoms with E-state index in [1.54, 1.807) is 30.3 Å². The Bertz CT molecular complexity index is 1110. The van der Waals surface area contributed by atoms with Crippen molar-refractivity contribution in [1.82, 2.24) is 14.3 Å². The first-order chi connectivity index (χ1) is 12.9. The van der Waals surface area contributed by atoms with Gasteiger partial charge in [0.1, 0.15) is 5.25 Å². The van der Waals surface area contributed by atoms with Crippen molar-refractivity contribution < 1.29 is 22.0 Å². The highest BCUT2D eigenvalue weighted by Crippen LogP contribution is 2.36. The molecule has 2 aromatic carbocycles. The zero-order valence-corrected chi connectivity index (χ0v) is 14.8. The van der Waals surface area contributed by atoms with E-state index >= 15 is 0 Å². The maximum atomic E-state index is 12.9. The Balaban J connectivity index is 1.66. The number of sulfonamides is 1. The van der Waals surface area contributed by atoms with Crippen LogP contribution in [0, 0.1) is 0 Å². The number of aromatic amines is 1. The normalized spacial score (nSPS) is 19.1. The lowest BCUT2D eigenvalue weighted by molar-refractivity contribution is 0.0870. The van der Waals surface area contributed by atoms with Crippen molar-refractivity contribution in [3.63, 3.8) is 0 Å². The zero-order chi connectivity index (χ0) is 19.2. The SMILES string of the molecule is O=C(c1ccc2nc(C(F)F)[nH]c2c1)N1CCC(c2ccccc2)S1(=O)=O. The number of fused-ring (bicyclic) bond motifs is 1. The van der Waals surface area contributed by atoms with Crippen LogP contribution in [-0.4, -0.2) is 35.1 Å². The van der Waals surface area contributed by atoms with E-state index in [9.17, 15) is 22.0 Å². The number of H-pyrrole nitrogens is 1. The van der Waals surface area contributed by atoms with Crippen LogP contribution in [0.3, 0.4) is 0 Å². The molecular formula is C18H15F2N3O3S. The van der Waals surface area contributed by atoms with Gasteiger partial charge in [0.15, 0.2) is 5.82 Å². The van der Waals surface area contributed by atoms with E-state index in [4.69, 9.17) is 0 Å². The molecule has 1 aliphatic heterocycles. The van der Waals surface area contributed by atoms with Gasteiger partial charge in [0.2, 0.25) is 10.0 Å². The molecule has 0 bridgehead atoms. The van der Waals surface area contributed by atoms with Crippen LogP contribution >= 0.6 is 0 Å². The van der Waals surface area contributed by atoms with Gasteiger partial charge in [-0.1, -0.05) is 30.3 Å². The number of carbonyl (C=O) groups is 1. The minimum atomic E-state index is -3.85. The highest BCUT2D eigenvalue weighted by Gasteiger charge is 2.42. The Kier molecular flexibility index (Phi) is 4.18. The van der Waals surface area contributed by atoms with E-state index in [1.165, 1.54) is 18.2 Å². The molecule has 1 N–H and O–H groups in total. The fourth-order valence-corrected chi connectivity index (χ4v) is 5.21. The molecule has 27 heavy (non-hydrogen) atoms. The van der Waals surface area contributed by atoms with Gasteiger partial charge in [0, 0.05) is 12.1 Å². The number of carbonyl (C=O) groups excluding carboxylic acids is 1. The van der Waals surface area contributed by atoms with Crippen molar-refractivity contribution in [1.29, 1.82) is 0 Å². The second kappa shape index (κ2) is 6.41. The largest absolute Gasteiger partial charge is 0.337 e. The molecule has 1 atom stereocenters. The fraction of sp³-hybridized carbons (Fsp3) is 0.222. The summed E-state index contributed by atoms with van der Waals surface area (Å²) in [5.74, 6) is -1.17. The predicted molar refractivity (Wildman–Crippen MR) is 94.8 cm³/mol. The Morgan fingerprint density at radius 1 is 1.19 bits per heavy atom. The lowest BCUT2D eigenvalue weighted by atomic mass is 10.1. The lowest BCUT2D eigenvalue weighted by Gasteiger charge is -2.17. The quantitative estimate of drug-likeness (QED) is 0.742. The molecule has 1 amide bonds. The number of hydrogen-bond donors (Lipinski definition) is 1. The van der Waals surface area contributed by atoms with E-state index < -0.39 is 33.4 Å². The fourth-order valence-electron chi connectivity index (χ4n) is 3.30. The molecule has 0 aliphatic carbocycles. The van der Waals surface area contributed by atoms with Crippen LogP contribution < -0.4 is 0 Å². The van der Waals surface area contributed by atoms with Crippen LogP contribution in [0.15, 0.2) is 48.5 Å². The third-order valence-corrected chi connectivity index (χ3v) is 6.80. The van der Waals surface area contributed by atoms with Crippen molar-refractivity contribution in [2.24, 2.45) is 0 Å². The van der Waals surface area contributed by atoms with Gasteiger partial charge in [0.25, 0.3) is 12.3 Å². The lowest BCUT2D eigenvalue weighted by Crippen LogP contribution is -2.33. The van der Waals surface area contributed by atoms with Gasteiger partial charge < -0.3 is 4.98 Å². The summed E-state index contributed by atoms with van der Waals surface area (Å²) in [6.45, 7) is 0.0734. The van der Waals surface area contributed by atoms with Crippen LogP contribution in [0.2, 0.25) is 0 Å². The maximum Gasteiger partial charge on any atom is 0.295 e. The van der Waals surface area contributed by atoms with Crippen molar-refractivity contribution in [3.05, 3.63) is 65.5 Å². The first-order valence-electron chi connectivity index (χ1n) is 8.26.